The highest BCUT2D eigenvalue weighted by atomic mass is 32.2. The second-order valence-corrected chi connectivity index (χ2v) is 4.11. The number of nitrogens with two attached hydrogens (primary N) is 1. The Balaban J connectivity index is 2.53. The smallest absolute Gasteiger partial charge is 0.330 e. The molecular formula is C8H12F3N3S. The fourth-order valence-corrected chi connectivity index (χ4v) is 1.74. The summed E-state index contributed by atoms with van der Waals surface area (Å²) >= 11 is -0.0297. The zero-order valence-electron chi connectivity index (χ0n) is 8.21. The minimum Gasteiger partial charge on any atom is -0.330 e. The first-order valence-electron chi connectivity index (χ1n) is 4.36. The zero-order valence-corrected chi connectivity index (χ0v) is 9.03. The monoisotopic (exact) mass is 239 g/mol. The molecule has 0 unspecified atom stereocenters. The standard InChI is InChI=1S/C8H12F3N3S/c1-6-13-5-7(4-12)14(6)2-3-15-8(9,10)11/h5H,2-4,12H2,1H3. The number of thioether (sulfide) groups is 1. The van der Waals surface area contributed by atoms with Crippen molar-refractivity contribution in [2.24, 2.45) is 5.73 Å². The number of aryl methyl sites for hydroxylation is 1. The van der Waals surface area contributed by atoms with E-state index in [-0.39, 0.29) is 30.6 Å². The topological polar surface area (TPSA) is 43.8 Å². The van der Waals surface area contributed by atoms with Crippen molar-refractivity contribution >= 4 is 11.8 Å². The first kappa shape index (κ1) is 12.4. The summed E-state index contributed by atoms with van der Waals surface area (Å²) in [5.41, 5.74) is 2.02. The molecule has 0 radical (unpaired) electrons. The molecule has 0 spiro atoms. The van der Waals surface area contributed by atoms with Gasteiger partial charge in [-0.2, -0.15) is 13.2 Å². The Labute approximate surface area is 89.9 Å². The molecule has 0 aromatic carbocycles. The molecule has 0 saturated heterocycles. The summed E-state index contributed by atoms with van der Waals surface area (Å²) in [4.78, 5) is 3.99. The molecule has 3 nitrogen and oxygen atoms in total. The van der Waals surface area contributed by atoms with E-state index in [4.69, 9.17) is 5.73 Å². The number of hydrogen-bond acceptors (Lipinski definition) is 3. The maximum atomic E-state index is 11.9. The second-order valence-electron chi connectivity index (χ2n) is 2.95. The Morgan fingerprint density at radius 1 is 1.53 bits per heavy atom. The zero-order chi connectivity index (χ0) is 11.5. The van der Waals surface area contributed by atoms with Crippen LogP contribution < -0.4 is 5.73 Å². The molecule has 0 atom stereocenters. The molecule has 0 amide bonds. The number of hydrogen-bond donors (Lipinski definition) is 1. The molecule has 1 heterocycles. The lowest BCUT2D eigenvalue weighted by molar-refractivity contribution is -0.0328. The molecule has 0 aliphatic rings. The van der Waals surface area contributed by atoms with Gasteiger partial charge >= 0.3 is 5.51 Å². The van der Waals surface area contributed by atoms with Gasteiger partial charge in [-0.25, -0.2) is 4.98 Å². The quantitative estimate of drug-likeness (QED) is 0.872. The van der Waals surface area contributed by atoms with E-state index in [0.29, 0.717) is 5.82 Å². The van der Waals surface area contributed by atoms with Crippen molar-refractivity contribution in [2.45, 2.75) is 25.5 Å². The van der Waals surface area contributed by atoms with Crippen LogP contribution in [-0.2, 0) is 13.1 Å². The molecule has 0 aliphatic carbocycles. The Morgan fingerprint density at radius 2 is 2.20 bits per heavy atom. The number of imidazole rings is 1. The van der Waals surface area contributed by atoms with Crippen molar-refractivity contribution in [3.05, 3.63) is 17.7 Å². The van der Waals surface area contributed by atoms with Crippen LogP contribution in [0.25, 0.3) is 0 Å². The van der Waals surface area contributed by atoms with Gasteiger partial charge in [0, 0.05) is 25.0 Å². The van der Waals surface area contributed by atoms with E-state index in [0.717, 1.165) is 5.69 Å². The number of nitrogens with zero attached hydrogens (tertiary/aromatic N) is 2. The van der Waals surface area contributed by atoms with Gasteiger partial charge < -0.3 is 10.3 Å². The first-order valence-corrected chi connectivity index (χ1v) is 5.34. The van der Waals surface area contributed by atoms with Crippen LogP contribution in [0.1, 0.15) is 11.5 Å². The van der Waals surface area contributed by atoms with Crippen LogP contribution in [0.3, 0.4) is 0 Å². The third kappa shape index (κ3) is 3.75. The maximum absolute atomic E-state index is 11.9. The minimum absolute atomic E-state index is 0.0201. The second kappa shape index (κ2) is 4.89. The lowest BCUT2D eigenvalue weighted by atomic mass is 10.4. The lowest BCUT2D eigenvalue weighted by Gasteiger charge is -2.09. The van der Waals surface area contributed by atoms with Gasteiger partial charge in [-0.3, -0.25) is 0 Å². The average molecular weight is 239 g/mol. The van der Waals surface area contributed by atoms with Crippen LogP contribution in [-0.4, -0.2) is 20.8 Å². The molecule has 86 valence electrons. The fraction of sp³-hybridized carbons (Fsp3) is 0.625. The van der Waals surface area contributed by atoms with Crippen molar-refractivity contribution < 1.29 is 13.2 Å². The van der Waals surface area contributed by atoms with Crippen LogP contribution in [0, 0.1) is 6.92 Å². The van der Waals surface area contributed by atoms with Crippen LogP contribution in [0.5, 0.6) is 0 Å². The molecule has 0 aliphatic heterocycles. The van der Waals surface area contributed by atoms with E-state index < -0.39 is 5.51 Å². The average Bonchev–Trinajstić information content (AvgIpc) is 2.46. The molecular weight excluding hydrogens is 227 g/mol. The van der Waals surface area contributed by atoms with Gasteiger partial charge in [-0.05, 0) is 18.7 Å². The molecule has 1 aromatic heterocycles. The van der Waals surface area contributed by atoms with Crippen LogP contribution >= 0.6 is 11.8 Å². The first-order chi connectivity index (χ1) is 6.94. The van der Waals surface area contributed by atoms with E-state index >= 15 is 0 Å². The van der Waals surface area contributed by atoms with Gasteiger partial charge in [0.15, 0.2) is 0 Å². The van der Waals surface area contributed by atoms with Gasteiger partial charge in [0.05, 0.1) is 5.69 Å². The van der Waals surface area contributed by atoms with Crippen molar-refractivity contribution in [1.29, 1.82) is 0 Å². The van der Waals surface area contributed by atoms with Crippen molar-refractivity contribution in [2.75, 3.05) is 5.75 Å². The summed E-state index contributed by atoms with van der Waals surface area (Å²) in [5.74, 6) is 0.673. The highest BCUT2D eigenvalue weighted by Crippen LogP contribution is 2.30. The Hall–Kier alpha value is -0.690. The summed E-state index contributed by atoms with van der Waals surface area (Å²) in [5, 5.41) is 0. The molecule has 0 fully saturated rings. The minimum atomic E-state index is -4.17. The van der Waals surface area contributed by atoms with Crippen LogP contribution in [0.2, 0.25) is 0 Å². The molecule has 7 heteroatoms. The van der Waals surface area contributed by atoms with Gasteiger partial charge in [-0.15, -0.1) is 0 Å². The summed E-state index contributed by atoms with van der Waals surface area (Å²) in [7, 11) is 0. The summed E-state index contributed by atoms with van der Waals surface area (Å²) in [6, 6.07) is 0. The van der Waals surface area contributed by atoms with Gasteiger partial charge in [0.1, 0.15) is 5.82 Å². The van der Waals surface area contributed by atoms with E-state index in [1.54, 1.807) is 17.7 Å². The Bertz CT molecular complexity index is 321. The number of alkyl halides is 3. The van der Waals surface area contributed by atoms with E-state index in [2.05, 4.69) is 4.98 Å². The third-order valence-electron chi connectivity index (χ3n) is 1.93. The summed E-state index contributed by atoms with van der Waals surface area (Å²) < 4.78 is 37.3. The molecule has 15 heavy (non-hydrogen) atoms. The van der Waals surface area contributed by atoms with E-state index in [1.807, 2.05) is 0 Å². The third-order valence-corrected chi connectivity index (χ3v) is 2.64. The largest absolute Gasteiger partial charge is 0.441 e. The van der Waals surface area contributed by atoms with Gasteiger partial charge in [-0.1, -0.05) is 0 Å². The van der Waals surface area contributed by atoms with E-state index in [9.17, 15) is 13.2 Å². The fourth-order valence-electron chi connectivity index (χ4n) is 1.24. The Kier molecular flexibility index (Phi) is 4.04. The highest BCUT2D eigenvalue weighted by molar-refractivity contribution is 8.00. The maximum Gasteiger partial charge on any atom is 0.441 e. The van der Waals surface area contributed by atoms with Crippen molar-refractivity contribution in [3.8, 4) is 0 Å². The van der Waals surface area contributed by atoms with Crippen LogP contribution in [0.4, 0.5) is 13.2 Å². The summed E-state index contributed by atoms with van der Waals surface area (Å²) in [6.07, 6.45) is 1.59. The van der Waals surface area contributed by atoms with Gasteiger partial charge in [0.25, 0.3) is 0 Å². The van der Waals surface area contributed by atoms with Crippen molar-refractivity contribution in [3.63, 3.8) is 0 Å². The van der Waals surface area contributed by atoms with E-state index in [1.165, 1.54) is 0 Å². The lowest BCUT2D eigenvalue weighted by Crippen LogP contribution is -2.12. The Morgan fingerprint density at radius 3 is 2.73 bits per heavy atom. The summed E-state index contributed by atoms with van der Waals surface area (Å²) in [6.45, 7) is 2.32. The van der Waals surface area contributed by atoms with Crippen molar-refractivity contribution in [1.82, 2.24) is 9.55 Å². The number of halogens is 3. The highest BCUT2D eigenvalue weighted by Gasteiger charge is 2.27. The molecule has 0 saturated carbocycles. The molecule has 2 N–H and O–H groups in total. The van der Waals surface area contributed by atoms with Gasteiger partial charge in [0.2, 0.25) is 0 Å². The molecule has 0 bridgehead atoms. The number of aromatic nitrogens is 2. The van der Waals surface area contributed by atoms with Crippen LogP contribution in [0.15, 0.2) is 6.20 Å². The normalized spacial score (nSPS) is 12.1. The molecule has 1 aromatic rings. The predicted molar refractivity (Wildman–Crippen MR) is 53.4 cm³/mol. The predicted octanol–water partition coefficient (Wildman–Crippen LogP) is 1.90. The number of rotatable bonds is 4. The SMILES string of the molecule is Cc1ncc(CN)n1CCSC(F)(F)F. The molecule has 1 rings (SSSR count).